The number of hydrogen-bond acceptors (Lipinski definition) is 2. The van der Waals surface area contributed by atoms with E-state index in [4.69, 9.17) is 4.74 Å². The summed E-state index contributed by atoms with van der Waals surface area (Å²) in [6.45, 7) is 14.4. The van der Waals surface area contributed by atoms with Crippen LogP contribution in [0, 0.1) is 0 Å². The molecule has 1 fully saturated rings. The summed E-state index contributed by atoms with van der Waals surface area (Å²) >= 11 is 0. The van der Waals surface area contributed by atoms with Gasteiger partial charge in [0.2, 0.25) is 0 Å². The summed E-state index contributed by atoms with van der Waals surface area (Å²) in [7, 11) is 0. The molecule has 0 amide bonds. The maximum Gasteiger partial charge on any atom is 0.0779 e. The van der Waals surface area contributed by atoms with E-state index in [1.54, 1.807) is 0 Å². The molecule has 0 aromatic rings. The lowest BCUT2D eigenvalue weighted by Crippen LogP contribution is -2.49. The molecule has 0 saturated carbocycles. The fourth-order valence-electron chi connectivity index (χ4n) is 1.75. The molecule has 2 heteroatoms. The van der Waals surface area contributed by atoms with E-state index in [1.165, 1.54) is 5.57 Å². The predicted octanol–water partition coefficient (Wildman–Crippen LogP) is 2.06. The van der Waals surface area contributed by atoms with E-state index in [-0.39, 0.29) is 5.60 Å². The molecule has 0 aromatic carbocycles. The van der Waals surface area contributed by atoms with Gasteiger partial charge in [-0.05, 0) is 20.3 Å². The molecule has 1 rings (SSSR count). The van der Waals surface area contributed by atoms with Crippen molar-refractivity contribution in [2.75, 3.05) is 26.2 Å². The average Bonchev–Trinajstić information content (AvgIpc) is 2.03. The van der Waals surface area contributed by atoms with Crippen molar-refractivity contribution < 1.29 is 4.74 Å². The quantitative estimate of drug-likeness (QED) is 0.621. The zero-order valence-corrected chi connectivity index (χ0v) is 9.10. The van der Waals surface area contributed by atoms with Crippen molar-refractivity contribution in [3.05, 3.63) is 12.2 Å². The Morgan fingerprint density at radius 1 is 1.62 bits per heavy atom. The van der Waals surface area contributed by atoms with Gasteiger partial charge in [-0.15, -0.1) is 0 Å². The second-order valence-corrected chi connectivity index (χ2v) is 4.32. The van der Waals surface area contributed by atoms with Gasteiger partial charge in [-0.3, -0.25) is 4.90 Å². The van der Waals surface area contributed by atoms with Crippen molar-refractivity contribution in [3.8, 4) is 0 Å². The summed E-state index contributed by atoms with van der Waals surface area (Å²) in [4.78, 5) is 2.43. The van der Waals surface area contributed by atoms with Crippen LogP contribution < -0.4 is 0 Å². The van der Waals surface area contributed by atoms with Crippen molar-refractivity contribution in [1.82, 2.24) is 4.90 Å². The Kier molecular flexibility index (Phi) is 3.51. The van der Waals surface area contributed by atoms with E-state index < -0.39 is 0 Å². The third kappa shape index (κ3) is 3.12. The van der Waals surface area contributed by atoms with Crippen molar-refractivity contribution in [2.45, 2.75) is 32.8 Å². The van der Waals surface area contributed by atoms with Crippen LogP contribution in [0.2, 0.25) is 0 Å². The smallest absolute Gasteiger partial charge is 0.0779 e. The predicted molar refractivity (Wildman–Crippen MR) is 55.9 cm³/mol. The van der Waals surface area contributed by atoms with E-state index in [2.05, 4.69) is 32.3 Å². The first-order valence-electron chi connectivity index (χ1n) is 5.06. The SMILES string of the molecule is C=C(C)CN1CCOC(C)(CC)C1. The van der Waals surface area contributed by atoms with E-state index in [0.717, 1.165) is 32.7 Å². The minimum absolute atomic E-state index is 0.0632. The fourth-order valence-corrected chi connectivity index (χ4v) is 1.75. The molecule has 13 heavy (non-hydrogen) atoms. The molecule has 1 unspecified atom stereocenters. The molecular weight excluding hydrogens is 162 g/mol. The number of rotatable bonds is 3. The Morgan fingerprint density at radius 3 is 2.85 bits per heavy atom. The highest BCUT2D eigenvalue weighted by molar-refractivity contribution is 4.94. The third-order valence-corrected chi connectivity index (χ3v) is 2.66. The van der Waals surface area contributed by atoms with Crippen LogP contribution in [0.5, 0.6) is 0 Å². The van der Waals surface area contributed by atoms with E-state index in [1.807, 2.05) is 0 Å². The van der Waals surface area contributed by atoms with E-state index in [0.29, 0.717) is 0 Å². The molecule has 1 heterocycles. The van der Waals surface area contributed by atoms with Crippen LogP contribution >= 0.6 is 0 Å². The van der Waals surface area contributed by atoms with Crippen molar-refractivity contribution in [2.24, 2.45) is 0 Å². The molecule has 76 valence electrons. The fraction of sp³-hybridized carbons (Fsp3) is 0.818. The molecule has 2 nitrogen and oxygen atoms in total. The first kappa shape index (κ1) is 10.7. The van der Waals surface area contributed by atoms with Gasteiger partial charge in [0.15, 0.2) is 0 Å². The van der Waals surface area contributed by atoms with Crippen LogP contribution in [-0.4, -0.2) is 36.7 Å². The van der Waals surface area contributed by atoms with Crippen LogP contribution in [0.15, 0.2) is 12.2 Å². The summed E-state index contributed by atoms with van der Waals surface area (Å²) in [6, 6.07) is 0. The topological polar surface area (TPSA) is 12.5 Å². The summed E-state index contributed by atoms with van der Waals surface area (Å²) < 4.78 is 5.76. The molecule has 1 saturated heterocycles. The van der Waals surface area contributed by atoms with Gasteiger partial charge >= 0.3 is 0 Å². The second-order valence-electron chi connectivity index (χ2n) is 4.32. The Bertz CT molecular complexity index is 191. The molecule has 1 aliphatic heterocycles. The monoisotopic (exact) mass is 183 g/mol. The summed E-state index contributed by atoms with van der Waals surface area (Å²) in [5.41, 5.74) is 1.30. The highest BCUT2D eigenvalue weighted by Crippen LogP contribution is 2.21. The zero-order chi connectivity index (χ0) is 9.90. The molecular formula is C11H21NO. The lowest BCUT2D eigenvalue weighted by molar-refractivity contribution is -0.0970. The lowest BCUT2D eigenvalue weighted by atomic mass is 10.0. The molecule has 0 aliphatic carbocycles. The van der Waals surface area contributed by atoms with Gasteiger partial charge in [0, 0.05) is 19.6 Å². The molecule has 0 bridgehead atoms. The van der Waals surface area contributed by atoms with Crippen molar-refractivity contribution in [3.63, 3.8) is 0 Å². The standard InChI is InChI=1S/C11H21NO/c1-5-11(4)9-12(6-7-13-11)8-10(2)3/h2,5-9H2,1,3-4H3. The molecule has 1 atom stereocenters. The summed E-state index contributed by atoms with van der Waals surface area (Å²) in [5, 5.41) is 0. The van der Waals surface area contributed by atoms with E-state index in [9.17, 15) is 0 Å². The Balaban J connectivity index is 2.46. The number of nitrogens with zero attached hydrogens (tertiary/aromatic N) is 1. The molecule has 0 N–H and O–H groups in total. The minimum atomic E-state index is 0.0632. The van der Waals surface area contributed by atoms with Gasteiger partial charge in [-0.25, -0.2) is 0 Å². The van der Waals surface area contributed by atoms with Crippen LogP contribution in [0.3, 0.4) is 0 Å². The molecule has 0 aromatic heterocycles. The lowest BCUT2D eigenvalue weighted by Gasteiger charge is -2.40. The number of ether oxygens (including phenoxy) is 1. The van der Waals surface area contributed by atoms with Crippen molar-refractivity contribution >= 4 is 0 Å². The van der Waals surface area contributed by atoms with Gasteiger partial charge in [0.05, 0.1) is 12.2 Å². The number of morpholine rings is 1. The molecule has 0 radical (unpaired) electrons. The van der Waals surface area contributed by atoms with Gasteiger partial charge in [-0.1, -0.05) is 19.1 Å². The third-order valence-electron chi connectivity index (χ3n) is 2.66. The highest BCUT2D eigenvalue weighted by Gasteiger charge is 2.29. The highest BCUT2D eigenvalue weighted by atomic mass is 16.5. The van der Waals surface area contributed by atoms with Gasteiger partial charge < -0.3 is 4.74 Å². The summed E-state index contributed by atoms with van der Waals surface area (Å²) in [5.74, 6) is 0. The molecule has 0 spiro atoms. The molecule has 1 aliphatic rings. The maximum atomic E-state index is 5.76. The average molecular weight is 183 g/mol. The largest absolute Gasteiger partial charge is 0.373 e. The second kappa shape index (κ2) is 4.25. The first-order valence-corrected chi connectivity index (χ1v) is 5.06. The van der Waals surface area contributed by atoms with Gasteiger partial charge in [0.1, 0.15) is 0 Å². The zero-order valence-electron chi connectivity index (χ0n) is 9.10. The normalized spacial score (nSPS) is 30.4. The van der Waals surface area contributed by atoms with Crippen LogP contribution in [-0.2, 0) is 4.74 Å². The van der Waals surface area contributed by atoms with Crippen LogP contribution in [0.25, 0.3) is 0 Å². The van der Waals surface area contributed by atoms with Gasteiger partial charge in [-0.2, -0.15) is 0 Å². The van der Waals surface area contributed by atoms with Crippen molar-refractivity contribution in [1.29, 1.82) is 0 Å². The van der Waals surface area contributed by atoms with E-state index >= 15 is 0 Å². The minimum Gasteiger partial charge on any atom is -0.373 e. The van der Waals surface area contributed by atoms with Crippen LogP contribution in [0.1, 0.15) is 27.2 Å². The Labute approximate surface area is 81.6 Å². The van der Waals surface area contributed by atoms with Gasteiger partial charge in [0.25, 0.3) is 0 Å². The van der Waals surface area contributed by atoms with Crippen LogP contribution in [0.4, 0.5) is 0 Å². The number of hydrogen-bond donors (Lipinski definition) is 0. The Morgan fingerprint density at radius 2 is 2.31 bits per heavy atom. The summed E-state index contributed by atoms with van der Waals surface area (Å²) in [6.07, 6.45) is 1.08. The first-order chi connectivity index (χ1) is 6.06. The Hall–Kier alpha value is -0.340. The maximum absolute atomic E-state index is 5.76.